The van der Waals surface area contributed by atoms with Crippen molar-refractivity contribution in [1.82, 2.24) is 4.90 Å². The number of alkyl halides is 6. The van der Waals surface area contributed by atoms with Crippen LogP contribution in [0.2, 0.25) is 0 Å². The van der Waals surface area contributed by atoms with Gasteiger partial charge in [-0.1, -0.05) is 30.7 Å². The Morgan fingerprint density at radius 3 is 2.15 bits per heavy atom. The molecular weight excluding hydrogens is 524 g/mol. The number of ether oxygens (including phenoxy) is 1. The minimum atomic E-state index is -4.70. The molecule has 5 rings (SSSR count). The number of carbonyl (C=O) groups is 1. The second-order valence-electron chi connectivity index (χ2n) is 11.4. The molecule has 3 atom stereocenters. The molecule has 2 aromatic carbocycles. The maximum atomic E-state index is 14.3. The first-order valence-corrected chi connectivity index (χ1v) is 13.7. The molecule has 2 aliphatic heterocycles. The summed E-state index contributed by atoms with van der Waals surface area (Å²) in [5, 5.41) is 9.92. The zero-order valence-electron chi connectivity index (χ0n) is 21.5. The first kappa shape index (κ1) is 28.1. The molecule has 0 radical (unpaired) electrons. The predicted octanol–water partition coefficient (Wildman–Crippen LogP) is 7.62. The summed E-state index contributed by atoms with van der Waals surface area (Å²) in [5.74, 6) is -2.87. The monoisotopic (exact) mass is 557 g/mol. The van der Waals surface area contributed by atoms with Crippen molar-refractivity contribution >= 4 is 16.7 Å². The van der Waals surface area contributed by atoms with Gasteiger partial charge in [-0.25, -0.2) is 0 Å². The highest BCUT2D eigenvalue weighted by Gasteiger charge is 2.43. The van der Waals surface area contributed by atoms with Gasteiger partial charge in [0.15, 0.2) is 0 Å². The van der Waals surface area contributed by atoms with Crippen LogP contribution in [0.1, 0.15) is 68.9 Å². The number of fused-ring (bicyclic) bond motifs is 3. The van der Waals surface area contributed by atoms with Crippen molar-refractivity contribution in [2.24, 2.45) is 11.8 Å². The van der Waals surface area contributed by atoms with Crippen LogP contribution in [0.5, 0.6) is 5.75 Å². The van der Waals surface area contributed by atoms with Gasteiger partial charge in [-0.3, -0.25) is 9.69 Å². The molecule has 1 aliphatic carbocycles. The van der Waals surface area contributed by atoms with Crippen LogP contribution in [0, 0.1) is 11.8 Å². The highest BCUT2D eigenvalue weighted by Crippen LogP contribution is 2.44. The molecule has 3 aliphatic rings. The van der Waals surface area contributed by atoms with Crippen LogP contribution < -0.4 is 4.74 Å². The number of benzene rings is 2. The third-order valence-electron chi connectivity index (χ3n) is 8.90. The van der Waals surface area contributed by atoms with E-state index in [9.17, 15) is 36.2 Å². The Morgan fingerprint density at radius 1 is 0.923 bits per heavy atom. The standard InChI is InChI=1S/C29H33F6NO3/c30-28(31,32)20-7-9-23(10-8-20)39-25-11-6-18-5-4-17(14-24(18)26(25)29(33,34)35)12-13-36-21-2-1-3-22(36)16-19(15-21)27(37)38/h4-6,11,14,19-23H,1-3,7-10,12-13,15-16H2,(H,37,38)/t19?,20-,21-,22?,23+/m0/s1. The number of hydrogen-bond acceptors (Lipinski definition) is 3. The average molecular weight is 558 g/mol. The van der Waals surface area contributed by atoms with Gasteiger partial charge in [0.2, 0.25) is 0 Å². The quantitative estimate of drug-likeness (QED) is 0.371. The van der Waals surface area contributed by atoms with Crippen LogP contribution >= 0.6 is 0 Å². The minimum absolute atomic E-state index is 0.0197. The number of rotatable bonds is 6. The van der Waals surface area contributed by atoms with E-state index in [0.29, 0.717) is 31.2 Å². The zero-order valence-corrected chi connectivity index (χ0v) is 21.5. The fourth-order valence-corrected chi connectivity index (χ4v) is 6.88. The molecule has 1 N–H and O–H groups in total. The highest BCUT2D eigenvalue weighted by atomic mass is 19.4. The van der Waals surface area contributed by atoms with E-state index in [1.807, 2.05) is 6.07 Å². The van der Waals surface area contributed by atoms with E-state index in [0.717, 1.165) is 24.8 Å². The van der Waals surface area contributed by atoms with Gasteiger partial charge in [0.25, 0.3) is 0 Å². The predicted molar refractivity (Wildman–Crippen MR) is 134 cm³/mol. The van der Waals surface area contributed by atoms with Crippen molar-refractivity contribution in [3.05, 3.63) is 41.5 Å². The van der Waals surface area contributed by atoms with Gasteiger partial charge in [0, 0.05) is 18.6 Å². The molecule has 0 amide bonds. The fraction of sp³-hybridized carbons (Fsp3) is 0.621. The van der Waals surface area contributed by atoms with Crippen LogP contribution in [-0.2, 0) is 17.4 Å². The average Bonchev–Trinajstić information content (AvgIpc) is 2.85. The highest BCUT2D eigenvalue weighted by molar-refractivity contribution is 5.89. The number of piperidine rings is 2. The maximum Gasteiger partial charge on any atom is 0.420 e. The summed E-state index contributed by atoms with van der Waals surface area (Å²) in [7, 11) is 0. The molecule has 2 heterocycles. The van der Waals surface area contributed by atoms with E-state index in [1.165, 1.54) is 6.07 Å². The lowest BCUT2D eigenvalue weighted by atomic mass is 9.78. The minimum Gasteiger partial charge on any atom is -0.490 e. The van der Waals surface area contributed by atoms with E-state index < -0.39 is 35.9 Å². The molecule has 4 nitrogen and oxygen atoms in total. The SMILES string of the molecule is O=C(O)C1CC2CCC[C@@H](C1)N2CCc1ccc2ccc(O[C@H]3CC[C@@H](C(F)(F)F)CC3)c(C(F)(F)F)c2c1. The summed E-state index contributed by atoms with van der Waals surface area (Å²) < 4.78 is 87.7. The van der Waals surface area contributed by atoms with Crippen molar-refractivity contribution in [1.29, 1.82) is 0 Å². The normalized spacial score (nSPS) is 28.4. The van der Waals surface area contributed by atoms with Crippen LogP contribution in [0.15, 0.2) is 30.3 Å². The van der Waals surface area contributed by atoms with Gasteiger partial charge in [-0.2, -0.15) is 26.3 Å². The molecule has 1 saturated carbocycles. The lowest BCUT2D eigenvalue weighted by Crippen LogP contribution is -2.53. The van der Waals surface area contributed by atoms with Crippen LogP contribution in [-0.4, -0.2) is 46.9 Å². The second-order valence-corrected chi connectivity index (χ2v) is 11.4. The fourth-order valence-electron chi connectivity index (χ4n) is 6.88. The molecular formula is C29H33F6NO3. The van der Waals surface area contributed by atoms with E-state index in [-0.39, 0.29) is 54.8 Å². The number of carboxylic acid groups (broad SMARTS) is 1. The summed E-state index contributed by atoms with van der Waals surface area (Å²) in [6.45, 7) is 0.646. The van der Waals surface area contributed by atoms with E-state index in [2.05, 4.69) is 4.90 Å². The zero-order chi connectivity index (χ0) is 27.9. The Balaban J connectivity index is 1.34. The molecule has 0 aromatic heterocycles. The van der Waals surface area contributed by atoms with E-state index in [1.54, 1.807) is 18.2 Å². The molecule has 214 valence electrons. The lowest BCUT2D eigenvalue weighted by molar-refractivity contribution is -0.185. The second kappa shape index (κ2) is 10.8. The Bertz CT molecular complexity index is 1170. The molecule has 10 heteroatoms. The third-order valence-corrected chi connectivity index (χ3v) is 8.90. The van der Waals surface area contributed by atoms with Gasteiger partial charge in [-0.05, 0) is 80.2 Å². The third kappa shape index (κ3) is 6.15. The maximum absolute atomic E-state index is 14.3. The van der Waals surface area contributed by atoms with Crippen molar-refractivity contribution in [3.63, 3.8) is 0 Å². The van der Waals surface area contributed by atoms with Gasteiger partial charge < -0.3 is 9.84 Å². The number of aliphatic carboxylic acids is 1. The molecule has 2 saturated heterocycles. The van der Waals surface area contributed by atoms with Gasteiger partial charge in [-0.15, -0.1) is 0 Å². The number of nitrogens with zero attached hydrogens (tertiary/aromatic N) is 1. The first-order chi connectivity index (χ1) is 18.4. The smallest absolute Gasteiger partial charge is 0.420 e. The topological polar surface area (TPSA) is 49.8 Å². The van der Waals surface area contributed by atoms with Gasteiger partial charge >= 0.3 is 18.3 Å². The van der Waals surface area contributed by atoms with Crippen LogP contribution in [0.4, 0.5) is 26.3 Å². The molecule has 3 fully saturated rings. The van der Waals surface area contributed by atoms with Gasteiger partial charge in [0.05, 0.1) is 17.9 Å². The van der Waals surface area contributed by atoms with Crippen LogP contribution in [0.3, 0.4) is 0 Å². The summed E-state index contributed by atoms with van der Waals surface area (Å²) in [5.41, 5.74) is -0.145. The van der Waals surface area contributed by atoms with E-state index in [4.69, 9.17) is 4.74 Å². The Kier molecular flexibility index (Phi) is 7.79. The molecule has 2 unspecified atom stereocenters. The summed E-state index contributed by atoms with van der Waals surface area (Å²) in [4.78, 5) is 13.9. The molecule has 2 bridgehead atoms. The summed E-state index contributed by atoms with van der Waals surface area (Å²) in [6, 6.07) is 8.22. The lowest BCUT2D eigenvalue weighted by Gasteiger charge is -2.48. The van der Waals surface area contributed by atoms with E-state index >= 15 is 0 Å². The molecule has 0 spiro atoms. The van der Waals surface area contributed by atoms with Crippen molar-refractivity contribution in [2.75, 3.05) is 6.54 Å². The van der Waals surface area contributed by atoms with Crippen molar-refractivity contribution in [3.8, 4) is 5.75 Å². The van der Waals surface area contributed by atoms with Crippen molar-refractivity contribution in [2.45, 2.75) is 94.7 Å². The molecule has 39 heavy (non-hydrogen) atoms. The summed E-state index contributed by atoms with van der Waals surface area (Å²) >= 11 is 0. The largest absolute Gasteiger partial charge is 0.490 e. The molecule has 2 aromatic rings. The Hall–Kier alpha value is -2.49. The number of carboxylic acids is 1. The Labute approximate surface area is 223 Å². The van der Waals surface area contributed by atoms with Gasteiger partial charge in [0.1, 0.15) is 11.3 Å². The van der Waals surface area contributed by atoms with Crippen LogP contribution in [0.25, 0.3) is 10.8 Å². The first-order valence-electron chi connectivity index (χ1n) is 13.7. The Morgan fingerprint density at radius 2 is 1.56 bits per heavy atom. The number of hydrogen-bond donors (Lipinski definition) is 1. The van der Waals surface area contributed by atoms with Crippen molar-refractivity contribution < 1.29 is 41.0 Å². The number of halogens is 6. The summed E-state index contributed by atoms with van der Waals surface area (Å²) in [6.07, 6.45) is -5.23.